The van der Waals surface area contributed by atoms with E-state index in [1.807, 2.05) is 43.3 Å². The summed E-state index contributed by atoms with van der Waals surface area (Å²) in [7, 11) is 1.71. The third kappa shape index (κ3) is 5.09. The number of nitrogens with one attached hydrogen (secondary N) is 1. The molecule has 2 amide bonds. The lowest BCUT2D eigenvalue weighted by Crippen LogP contribution is -2.27. The highest BCUT2D eigenvalue weighted by atomic mass is 32.1. The van der Waals surface area contributed by atoms with Gasteiger partial charge >= 0.3 is 0 Å². The molecule has 5 aromatic rings. The largest absolute Gasteiger partial charge is 0.389 e. The van der Waals surface area contributed by atoms with Gasteiger partial charge in [-0.05, 0) is 63.2 Å². The van der Waals surface area contributed by atoms with E-state index in [9.17, 15) is 14.7 Å². The molecule has 194 valence electrons. The fraction of sp³-hybridized carbons (Fsp3) is 0.214. The SMILES string of the molecule is Cc1cnoc1-c1ccc(C(=O)Nc2nc3cc(N(C)C(=O)c4ccccc4)ccc3n2CC(C)(C)O)s1. The Morgan fingerprint density at radius 1 is 1.13 bits per heavy atom. The summed E-state index contributed by atoms with van der Waals surface area (Å²) in [4.78, 5) is 33.6. The molecule has 9 nitrogen and oxygen atoms in total. The Hall–Kier alpha value is -4.28. The zero-order valence-corrected chi connectivity index (χ0v) is 22.2. The molecule has 0 bridgehead atoms. The van der Waals surface area contributed by atoms with Gasteiger partial charge in [-0.3, -0.25) is 14.9 Å². The van der Waals surface area contributed by atoms with Gasteiger partial charge in [0.1, 0.15) is 0 Å². The van der Waals surface area contributed by atoms with E-state index in [1.165, 1.54) is 11.3 Å². The molecule has 0 atom stereocenters. The minimum Gasteiger partial charge on any atom is -0.389 e. The van der Waals surface area contributed by atoms with Crippen molar-refractivity contribution in [1.29, 1.82) is 0 Å². The Bertz CT molecular complexity index is 1630. The van der Waals surface area contributed by atoms with Crippen LogP contribution in [-0.4, -0.2) is 44.3 Å². The van der Waals surface area contributed by atoms with Crippen LogP contribution < -0.4 is 10.2 Å². The number of aliphatic hydroxyl groups is 1. The Morgan fingerprint density at radius 2 is 1.89 bits per heavy atom. The first-order chi connectivity index (χ1) is 18.1. The van der Waals surface area contributed by atoms with Crippen LogP contribution in [0.4, 0.5) is 11.6 Å². The predicted molar refractivity (Wildman–Crippen MR) is 148 cm³/mol. The summed E-state index contributed by atoms with van der Waals surface area (Å²) < 4.78 is 7.08. The van der Waals surface area contributed by atoms with Crippen molar-refractivity contribution in [1.82, 2.24) is 14.7 Å². The Labute approximate surface area is 223 Å². The molecule has 0 fully saturated rings. The van der Waals surface area contributed by atoms with Crippen LogP contribution in [-0.2, 0) is 6.54 Å². The highest BCUT2D eigenvalue weighted by molar-refractivity contribution is 7.17. The van der Waals surface area contributed by atoms with Gasteiger partial charge in [0, 0.05) is 23.9 Å². The Balaban J connectivity index is 1.46. The van der Waals surface area contributed by atoms with Crippen LogP contribution in [0.2, 0.25) is 0 Å². The Kier molecular flexibility index (Phi) is 6.60. The molecule has 3 aromatic heterocycles. The number of anilines is 2. The molecule has 10 heteroatoms. The fourth-order valence-electron chi connectivity index (χ4n) is 4.13. The highest BCUT2D eigenvalue weighted by Gasteiger charge is 2.23. The normalized spacial score (nSPS) is 11.6. The number of aromatic nitrogens is 3. The maximum Gasteiger partial charge on any atom is 0.268 e. The maximum absolute atomic E-state index is 13.2. The van der Waals surface area contributed by atoms with Crippen LogP contribution in [0.5, 0.6) is 0 Å². The molecule has 2 N–H and O–H groups in total. The standard InChI is InChI=1S/C28H27N5O4S/c1-17-15-29-37-24(17)22-12-13-23(38-22)25(34)31-27-30-20-14-19(10-11-21(20)33(27)16-28(2,3)36)32(4)26(35)18-8-6-5-7-9-18/h5-15,36H,16H2,1-4H3,(H,30,31,34). The first kappa shape index (κ1) is 25.4. The number of rotatable bonds is 7. The summed E-state index contributed by atoms with van der Waals surface area (Å²) in [5, 5.41) is 17.3. The van der Waals surface area contributed by atoms with Gasteiger partial charge in [0.05, 0.1) is 39.1 Å². The zero-order chi connectivity index (χ0) is 27.0. The second-order valence-electron chi connectivity index (χ2n) is 9.69. The fourth-order valence-corrected chi connectivity index (χ4v) is 5.08. The lowest BCUT2D eigenvalue weighted by atomic mass is 10.1. The third-order valence-corrected chi connectivity index (χ3v) is 7.10. The van der Waals surface area contributed by atoms with E-state index in [1.54, 1.807) is 60.8 Å². The van der Waals surface area contributed by atoms with E-state index in [4.69, 9.17) is 4.52 Å². The number of carbonyl (C=O) groups excluding carboxylic acids is 2. The molecule has 0 aliphatic heterocycles. The molecular formula is C28H27N5O4S. The predicted octanol–water partition coefficient (Wildman–Crippen LogP) is 5.36. The quantitative estimate of drug-likeness (QED) is 0.293. The highest BCUT2D eigenvalue weighted by Crippen LogP contribution is 2.32. The minimum atomic E-state index is -1.06. The van der Waals surface area contributed by atoms with Crippen LogP contribution in [0.15, 0.2) is 71.4 Å². The van der Waals surface area contributed by atoms with Crippen molar-refractivity contribution in [2.24, 2.45) is 0 Å². The summed E-state index contributed by atoms with van der Waals surface area (Å²) in [5.74, 6) is 0.448. The monoisotopic (exact) mass is 529 g/mol. The molecule has 0 saturated carbocycles. The van der Waals surface area contributed by atoms with Crippen LogP contribution >= 0.6 is 11.3 Å². The molecule has 0 unspecified atom stereocenters. The topological polar surface area (TPSA) is 113 Å². The van der Waals surface area contributed by atoms with Gasteiger partial charge in [0.2, 0.25) is 5.95 Å². The van der Waals surface area contributed by atoms with Gasteiger partial charge < -0.3 is 19.1 Å². The van der Waals surface area contributed by atoms with E-state index in [0.29, 0.717) is 33.4 Å². The van der Waals surface area contributed by atoms with E-state index in [-0.39, 0.29) is 18.4 Å². The summed E-state index contributed by atoms with van der Waals surface area (Å²) in [6, 6.07) is 18.0. The van der Waals surface area contributed by atoms with Gasteiger partial charge in [0.25, 0.3) is 11.8 Å². The Morgan fingerprint density at radius 3 is 2.58 bits per heavy atom. The van der Waals surface area contributed by atoms with Gasteiger partial charge in [-0.1, -0.05) is 23.4 Å². The van der Waals surface area contributed by atoms with Crippen molar-refractivity contribution in [3.05, 3.63) is 82.9 Å². The lowest BCUT2D eigenvalue weighted by Gasteiger charge is -2.20. The van der Waals surface area contributed by atoms with E-state index >= 15 is 0 Å². The first-order valence-electron chi connectivity index (χ1n) is 12.0. The molecule has 0 radical (unpaired) electrons. The maximum atomic E-state index is 13.2. The number of hydrogen-bond acceptors (Lipinski definition) is 7. The summed E-state index contributed by atoms with van der Waals surface area (Å²) in [5.41, 5.74) is 2.35. The number of carbonyl (C=O) groups is 2. The molecule has 3 heterocycles. The second-order valence-corrected chi connectivity index (χ2v) is 10.8. The van der Waals surface area contributed by atoms with Crippen molar-refractivity contribution in [2.75, 3.05) is 17.3 Å². The lowest BCUT2D eigenvalue weighted by molar-refractivity contribution is 0.0630. The third-order valence-electron chi connectivity index (χ3n) is 6.02. The van der Waals surface area contributed by atoms with E-state index in [0.717, 1.165) is 16.0 Å². The number of imidazole rings is 1. The van der Waals surface area contributed by atoms with Crippen molar-refractivity contribution in [2.45, 2.75) is 32.9 Å². The zero-order valence-electron chi connectivity index (χ0n) is 21.4. The van der Waals surface area contributed by atoms with Crippen LogP contribution in [0.1, 0.15) is 39.4 Å². The molecule has 0 aliphatic carbocycles. The van der Waals surface area contributed by atoms with Gasteiger partial charge in [-0.2, -0.15) is 0 Å². The van der Waals surface area contributed by atoms with Gasteiger partial charge in [0.15, 0.2) is 5.76 Å². The number of benzene rings is 2. The van der Waals surface area contributed by atoms with Crippen molar-refractivity contribution in [3.63, 3.8) is 0 Å². The molecule has 5 rings (SSSR count). The number of hydrogen-bond donors (Lipinski definition) is 2. The summed E-state index contributed by atoms with van der Waals surface area (Å²) >= 11 is 1.29. The average Bonchev–Trinajstić information content (AvgIpc) is 3.62. The number of thiophene rings is 1. The van der Waals surface area contributed by atoms with Gasteiger partial charge in [-0.15, -0.1) is 11.3 Å². The molecule has 0 saturated heterocycles. The summed E-state index contributed by atoms with van der Waals surface area (Å²) in [6.07, 6.45) is 1.63. The molecule has 0 spiro atoms. The second kappa shape index (κ2) is 9.88. The molecular weight excluding hydrogens is 502 g/mol. The van der Waals surface area contributed by atoms with Crippen LogP contribution in [0.25, 0.3) is 21.7 Å². The summed E-state index contributed by atoms with van der Waals surface area (Å²) in [6.45, 7) is 5.47. The molecule has 2 aromatic carbocycles. The van der Waals surface area contributed by atoms with E-state index in [2.05, 4.69) is 15.5 Å². The smallest absolute Gasteiger partial charge is 0.268 e. The molecule has 38 heavy (non-hydrogen) atoms. The van der Waals surface area contributed by atoms with Crippen LogP contribution in [0, 0.1) is 6.92 Å². The number of fused-ring (bicyclic) bond motifs is 1. The van der Waals surface area contributed by atoms with Gasteiger partial charge in [-0.25, -0.2) is 4.98 Å². The van der Waals surface area contributed by atoms with Crippen molar-refractivity contribution < 1.29 is 19.2 Å². The average molecular weight is 530 g/mol. The minimum absolute atomic E-state index is 0.148. The van der Waals surface area contributed by atoms with Crippen molar-refractivity contribution >= 4 is 45.8 Å². The number of nitrogens with zero attached hydrogens (tertiary/aromatic N) is 4. The van der Waals surface area contributed by atoms with E-state index < -0.39 is 5.60 Å². The number of aryl methyl sites for hydroxylation is 1. The van der Waals surface area contributed by atoms with Crippen molar-refractivity contribution in [3.8, 4) is 10.6 Å². The van der Waals surface area contributed by atoms with Crippen LogP contribution in [0.3, 0.4) is 0 Å². The number of amides is 2. The molecule has 0 aliphatic rings. The first-order valence-corrected chi connectivity index (χ1v) is 12.8.